The van der Waals surface area contributed by atoms with Gasteiger partial charge in [-0.05, 0) is 60.0 Å². The molecular formula is C19H20N4O2S3. The minimum atomic E-state index is -3.62. The van der Waals surface area contributed by atoms with Gasteiger partial charge < -0.3 is 17.2 Å². The van der Waals surface area contributed by atoms with Crippen LogP contribution in [0.15, 0.2) is 66.8 Å². The van der Waals surface area contributed by atoms with Crippen molar-refractivity contribution < 1.29 is 8.42 Å². The number of hydrogen-bond acceptors (Lipinski definition) is 6. The lowest BCUT2D eigenvalue weighted by molar-refractivity contribution is 0.595. The van der Waals surface area contributed by atoms with Crippen molar-refractivity contribution in [1.82, 2.24) is 0 Å². The van der Waals surface area contributed by atoms with E-state index in [0.29, 0.717) is 21.8 Å². The van der Waals surface area contributed by atoms with Gasteiger partial charge in [-0.2, -0.15) is 0 Å². The Labute approximate surface area is 172 Å². The molecule has 28 heavy (non-hydrogen) atoms. The average molecular weight is 433 g/mol. The standard InChI is InChI=1S/C19H20N4O2S3/c1-11-8-13(23-19(21)22)10-15(20)17(11)12-4-3-5-14(9-12)28(24,25)16-6-7-27-18(16)26-2/h3-10H,20H2,1-2H3,(H4,21,22,23). The van der Waals surface area contributed by atoms with Crippen molar-refractivity contribution in [3.63, 3.8) is 0 Å². The third-order valence-corrected chi connectivity index (χ3v) is 8.25. The molecule has 3 rings (SSSR count). The van der Waals surface area contributed by atoms with E-state index in [4.69, 9.17) is 17.2 Å². The highest BCUT2D eigenvalue weighted by Crippen LogP contribution is 2.37. The Hall–Kier alpha value is -2.49. The number of nitrogens with two attached hydrogens (primary N) is 3. The molecule has 3 aromatic rings. The van der Waals surface area contributed by atoms with Gasteiger partial charge >= 0.3 is 0 Å². The summed E-state index contributed by atoms with van der Waals surface area (Å²) in [7, 11) is -3.62. The highest BCUT2D eigenvalue weighted by molar-refractivity contribution is 8.01. The topological polar surface area (TPSA) is 125 Å². The second-order valence-electron chi connectivity index (χ2n) is 6.07. The minimum Gasteiger partial charge on any atom is -0.398 e. The number of hydrogen-bond donors (Lipinski definition) is 3. The monoisotopic (exact) mass is 432 g/mol. The molecule has 2 aromatic carbocycles. The van der Waals surface area contributed by atoms with E-state index in [2.05, 4.69) is 4.99 Å². The number of nitrogens with zero attached hydrogens (tertiary/aromatic N) is 1. The van der Waals surface area contributed by atoms with Crippen LogP contribution in [0.3, 0.4) is 0 Å². The van der Waals surface area contributed by atoms with Gasteiger partial charge in [0.15, 0.2) is 5.96 Å². The van der Waals surface area contributed by atoms with E-state index in [1.165, 1.54) is 23.1 Å². The fourth-order valence-electron chi connectivity index (χ4n) is 2.98. The molecule has 0 bridgehead atoms. The van der Waals surface area contributed by atoms with E-state index in [1.807, 2.05) is 19.2 Å². The van der Waals surface area contributed by atoms with E-state index in [9.17, 15) is 8.42 Å². The summed E-state index contributed by atoms with van der Waals surface area (Å²) in [6.45, 7) is 1.88. The summed E-state index contributed by atoms with van der Waals surface area (Å²) in [6.07, 6.45) is 1.86. The van der Waals surface area contributed by atoms with Crippen molar-refractivity contribution in [1.29, 1.82) is 0 Å². The van der Waals surface area contributed by atoms with Crippen LogP contribution in [-0.4, -0.2) is 20.6 Å². The molecule has 6 N–H and O–H groups in total. The number of sulfone groups is 1. The van der Waals surface area contributed by atoms with Crippen molar-refractivity contribution in [2.24, 2.45) is 16.5 Å². The van der Waals surface area contributed by atoms with Gasteiger partial charge in [-0.1, -0.05) is 12.1 Å². The lowest BCUT2D eigenvalue weighted by Gasteiger charge is -2.13. The first-order valence-corrected chi connectivity index (χ1v) is 11.8. The number of aryl methyl sites for hydroxylation is 1. The molecule has 0 amide bonds. The zero-order valence-corrected chi connectivity index (χ0v) is 17.8. The largest absolute Gasteiger partial charge is 0.398 e. The molecule has 9 heteroatoms. The van der Waals surface area contributed by atoms with Gasteiger partial charge in [0.1, 0.15) is 0 Å². The fourth-order valence-corrected chi connectivity index (χ4v) is 6.71. The van der Waals surface area contributed by atoms with E-state index >= 15 is 0 Å². The first kappa shape index (κ1) is 20.2. The van der Waals surface area contributed by atoms with E-state index in [0.717, 1.165) is 15.3 Å². The summed E-state index contributed by atoms with van der Waals surface area (Å²) < 4.78 is 27.0. The zero-order valence-electron chi connectivity index (χ0n) is 15.3. The van der Waals surface area contributed by atoms with Crippen LogP contribution in [0.1, 0.15) is 5.56 Å². The zero-order chi connectivity index (χ0) is 20.5. The molecular weight excluding hydrogens is 412 g/mol. The average Bonchev–Trinajstić information content (AvgIpc) is 3.10. The SMILES string of the molecule is CSc1sccc1S(=O)(=O)c1cccc(-c2c(C)cc(N=C(N)N)cc2N)c1. The summed E-state index contributed by atoms with van der Waals surface area (Å²) in [5, 5.41) is 1.78. The Morgan fingerprint density at radius 3 is 2.54 bits per heavy atom. The van der Waals surface area contributed by atoms with Crippen LogP contribution in [0.4, 0.5) is 11.4 Å². The smallest absolute Gasteiger partial charge is 0.208 e. The van der Waals surface area contributed by atoms with E-state index in [1.54, 1.807) is 41.8 Å². The third kappa shape index (κ3) is 3.87. The lowest BCUT2D eigenvalue weighted by atomic mass is 9.98. The molecule has 0 aliphatic rings. The highest BCUT2D eigenvalue weighted by Gasteiger charge is 2.23. The van der Waals surface area contributed by atoms with Crippen molar-refractivity contribution in [3.8, 4) is 11.1 Å². The predicted molar refractivity (Wildman–Crippen MR) is 118 cm³/mol. The number of rotatable bonds is 5. The second-order valence-corrected chi connectivity index (χ2v) is 9.98. The predicted octanol–water partition coefficient (Wildman–Crippen LogP) is 3.77. The molecule has 0 radical (unpaired) electrons. The number of nitrogen functional groups attached to an aromatic ring is 1. The van der Waals surface area contributed by atoms with Crippen LogP contribution in [0.2, 0.25) is 0 Å². The van der Waals surface area contributed by atoms with Gasteiger partial charge in [-0.25, -0.2) is 13.4 Å². The van der Waals surface area contributed by atoms with Gasteiger partial charge in [0.2, 0.25) is 9.84 Å². The van der Waals surface area contributed by atoms with Gasteiger partial charge in [0.05, 0.1) is 19.7 Å². The Kier molecular flexibility index (Phi) is 5.69. The van der Waals surface area contributed by atoms with Gasteiger partial charge in [-0.3, -0.25) is 0 Å². The Morgan fingerprint density at radius 1 is 1.14 bits per heavy atom. The molecule has 1 aromatic heterocycles. The van der Waals surface area contributed by atoms with Gasteiger partial charge in [-0.15, -0.1) is 23.1 Å². The molecule has 0 fully saturated rings. The third-order valence-electron chi connectivity index (χ3n) is 4.11. The molecule has 0 saturated carbocycles. The first-order valence-electron chi connectivity index (χ1n) is 8.21. The number of aliphatic imine (C=N–C) groups is 1. The number of benzene rings is 2. The van der Waals surface area contributed by atoms with Crippen molar-refractivity contribution in [2.75, 3.05) is 12.0 Å². The summed E-state index contributed by atoms with van der Waals surface area (Å²) in [4.78, 5) is 4.58. The van der Waals surface area contributed by atoms with Crippen molar-refractivity contribution in [2.45, 2.75) is 20.9 Å². The van der Waals surface area contributed by atoms with Crippen LogP contribution in [0.5, 0.6) is 0 Å². The second kappa shape index (κ2) is 7.86. The number of guanidine groups is 1. The molecule has 6 nitrogen and oxygen atoms in total. The maximum atomic E-state index is 13.1. The van der Waals surface area contributed by atoms with Crippen LogP contribution in [0.25, 0.3) is 11.1 Å². The first-order chi connectivity index (χ1) is 13.2. The minimum absolute atomic E-state index is 0.0556. The summed E-state index contributed by atoms with van der Waals surface area (Å²) in [6, 6.07) is 11.9. The van der Waals surface area contributed by atoms with Crippen LogP contribution in [-0.2, 0) is 9.84 Å². The number of thiophene rings is 1. The Bertz CT molecular complexity index is 1140. The maximum absolute atomic E-state index is 13.1. The molecule has 0 atom stereocenters. The molecule has 0 spiro atoms. The quantitative estimate of drug-likeness (QED) is 0.244. The molecule has 1 heterocycles. The lowest BCUT2D eigenvalue weighted by Crippen LogP contribution is -2.21. The molecule has 0 aliphatic heterocycles. The molecule has 146 valence electrons. The van der Waals surface area contributed by atoms with Crippen molar-refractivity contribution in [3.05, 3.63) is 53.4 Å². The maximum Gasteiger partial charge on any atom is 0.208 e. The molecule has 0 saturated heterocycles. The van der Waals surface area contributed by atoms with Gasteiger partial charge in [0.25, 0.3) is 0 Å². The fraction of sp³-hybridized carbons (Fsp3) is 0.105. The van der Waals surface area contributed by atoms with E-state index in [-0.39, 0.29) is 10.9 Å². The van der Waals surface area contributed by atoms with Crippen LogP contribution >= 0.6 is 23.1 Å². The van der Waals surface area contributed by atoms with Crippen LogP contribution < -0.4 is 17.2 Å². The highest BCUT2D eigenvalue weighted by atomic mass is 32.2. The number of thioether (sulfide) groups is 1. The molecule has 0 unspecified atom stereocenters. The van der Waals surface area contributed by atoms with Gasteiger partial charge in [0, 0.05) is 11.3 Å². The Balaban J connectivity index is 2.11. The summed E-state index contributed by atoms with van der Waals surface area (Å²) >= 11 is 2.84. The molecule has 0 aliphatic carbocycles. The van der Waals surface area contributed by atoms with Crippen LogP contribution in [0, 0.1) is 6.92 Å². The number of anilines is 1. The normalized spacial score (nSPS) is 11.4. The summed E-state index contributed by atoms with van der Waals surface area (Å²) in [5.41, 5.74) is 20.4. The summed E-state index contributed by atoms with van der Waals surface area (Å²) in [5.74, 6) is -0.0556. The van der Waals surface area contributed by atoms with Crippen molar-refractivity contribution >= 4 is 50.3 Å². The Morgan fingerprint density at radius 2 is 1.89 bits per heavy atom. The van der Waals surface area contributed by atoms with E-state index < -0.39 is 9.84 Å².